The van der Waals surface area contributed by atoms with Crippen LogP contribution in [0.4, 0.5) is 5.88 Å². The van der Waals surface area contributed by atoms with Gasteiger partial charge >= 0.3 is 0 Å². The van der Waals surface area contributed by atoms with Gasteiger partial charge in [-0.15, -0.1) is 0 Å². The zero-order chi connectivity index (χ0) is 8.55. The Bertz CT molecular complexity index is 263. The van der Waals surface area contributed by atoms with Crippen LogP contribution in [0.3, 0.4) is 0 Å². The number of nitrogens with two attached hydrogens (primary N) is 1. The monoisotopic (exact) mass is 204 g/mol. The van der Waals surface area contributed by atoms with Crippen molar-refractivity contribution in [2.45, 2.75) is 12.3 Å². The molecule has 12 heavy (non-hydrogen) atoms. The van der Waals surface area contributed by atoms with Gasteiger partial charge in [-0.1, -0.05) is 16.8 Å². The number of anilines is 1. The summed E-state index contributed by atoms with van der Waals surface area (Å²) in [5.41, 5.74) is 6.50. The van der Waals surface area contributed by atoms with Crippen LogP contribution in [0.2, 0.25) is 5.15 Å². The fraction of sp³-hybridized carbons (Fsp3) is 0.571. The predicted octanol–water partition coefficient (Wildman–Crippen LogP) is 2.13. The van der Waals surface area contributed by atoms with Crippen molar-refractivity contribution < 1.29 is 4.52 Å². The minimum atomic E-state index is 0.382. The molecule has 0 spiro atoms. The third kappa shape index (κ3) is 1.29. The van der Waals surface area contributed by atoms with Gasteiger partial charge < -0.3 is 10.3 Å². The smallest absolute Gasteiger partial charge is 0.227 e. The summed E-state index contributed by atoms with van der Waals surface area (Å²) in [6.45, 7) is 0. The highest BCUT2D eigenvalue weighted by Crippen LogP contribution is 2.38. The molecule has 2 rings (SSSR count). The molecule has 0 radical (unpaired) electrons. The van der Waals surface area contributed by atoms with Gasteiger partial charge in [-0.25, -0.2) is 0 Å². The van der Waals surface area contributed by atoms with Gasteiger partial charge in [0, 0.05) is 11.7 Å². The lowest BCUT2D eigenvalue weighted by atomic mass is 10.0. The van der Waals surface area contributed by atoms with Crippen molar-refractivity contribution in [3.63, 3.8) is 0 Å². The van der Waals surface area contributed by atoms with Crippen LogP contribution in [-0.4, -0.2) is 16.7 Å². The largest absolute Gasteiger partial charge is 0.367 e. The second kappa shape index (κ2) is 3.18. The van der Waals surface area contributed by atoms with Crippen molar-refractivity contribution in [1.82, 2.24) is 5.16 Å². The van der Waals surface area contributed by atoms with E-state index in [4.69, 9.17) is 21.9 Å². The fourth-order valence-electron chi connectivity index (χ4n) is 1.42. The molecule has 5 heteroatoms. The first-order valence-electron chi connectivity index (χ1n) is 3.77. The quantitative estimate of drug-likeness (QED) is 0.762. The molecular weight excluding hydrogens is 196 g/mol. The topological polar surface area (TPSA) is 52.0 Å². The molecule has 0 amide bonds. The molecule has 2 N–H and O–H groups in total. The van der Waals surface area contributed by atoms with Crippen molar-refractivity contribution in [2.24, 2.45) is 0 Å². The van der Waals surface area contributed by atoms with Crippen molar-refractivity contribution in [3.05, 3.63) is 10.7 Å². The van der Waals surface area contributed by atoms with E-state index in [0.29, 0.717) is 17.0 Å². The van der Waals surface area contributed by atoms with Crippen LogP contribution < -0.4 is 5.73 Å². The highest BCUT2D eigenvalue weighted by atomic mass is 35.5. The third-order valence-electron chi connectivity index (χ3n) is 2.05. The Balaban J connectivity index is 2.30. The first-order valence-corrected chi connectivity index (χ1v) is 5.30. The molecule has 3 nitrogen and oxygen atoms in total. The Morgan fingerprint density at radius 3 is 3.00 bits per heavy atom. The second-order valence-corrected chi connectivity index (χ2v) is 4.32. The molecule has 1 fully saturated rings. The Morgan fingerprint density at radius 2 is 2.50 bits per heavy atom. The molecule has 0 bridgehead atoms. The minimum absolute atomic E-state index is 0.382. The van der Waals surface area contributed by atoms with Gasteiger partial charge in [0.05, 0.1) is 5.56 Å². The normalized spacial score (nSPS) is 23.2. The number of nitrogens with zero attached hydrogens (tertiary/aromatic N) is 1. The molecule has 1 saturated heterocycles. The molecule has 1 aliphatic heterocycles. The minimum Gasteiger partial charge on any atom is -0.367 e. The molecule has 1 unspecified atom stereocenters. The van der Waals surface area contributed by atoms with Gasteiger partial charge in [-0.2, -0.15) is 11.8 Å². The lowest BCUT2D eigenvalue weighted by molar-refractivity contribution is 0.436. The SMILES string of the molecule is Nc1onc(Cl)c1C1CCSC1. The average Bonchev–Trinajstić information content (AvgIpc) is 2.61. The van der Waals surface area contributed by atoms with E-state index in [-0.39, 0.29) is 0 Å². The number of hydrogen-bond donors (Lipinski definition) is 1. The van der Waals surface area contributed by atoms with Crippen LogP contribution >= 0.6 is 23.4 Å². The average molecular weight is 205 g/mol. The number of halogens is 1. The summed E-state index contributed by atoms with van der Waals surface area (Å²) in [6, 6.07) is 0. The Kier molecular flexibility index (Phi) is 2.19. The molecule has 0 aliphatic carbocycles. The molecule has 1 aromatic rings. The summed E-state index contributed by atoms with van der Waals surface area (Å²) < 4.78 is 4.79. The summed E-state index contributed by atoms with van der Waals surface area (Å²) in [5, 5.41) is 4.05. The van der Waals surface area contributed by atoms with Crippen molar-refractivity contribution >= 4 is 29.2 Å². The van der Waals surface area contributed by atoms with Gasteiger partial charge in [0.2, 0.25) is 5.88 Å². The van der Waals surface area contributed by atoms with Crippen LogP contribution in [0.15, 0.2) is 4.52 Å². The van der Waals surface area contributed by atoms with Crippen LogP contribution in [0.25, 0.3) is 0 Å². The number of aromatic nitrogens is 1. The van der Waals surface area contributed by atoms with Crippen LogP contribution in [-0.2, 0) is 0 Å². The summed E-state index contributed by atoms with van der Waals surface area (Å²) in [4.78, 5) is 0. The van der Waals surface area contributed by atoms with Crippen LogP contribution in [0, 0.1) is 0 Å². The van der Waals surface area contributed by atoms with Gasteiger partial charge in [0.1, 0.15) is 0 Å². The molecule has 1 atom stereocenters. The highest BCUT2D eigenvalue weighted by molar-refractivity contribution is 7.99. The van der Waals surface area contributed by atoms with Gasteiger partial charge in [-0.3, -0.25) is 0 Å². The van der Waals surface area contributed by atoms with E-state index in [1.165, 1.54) is 5.75 Å². The lowest BCUT2D eigenvalue weighted by Gasteiger charge is -2.04. The van der Waals surface area contributed by atoms with Crippen molar-refractivity contribution in [3.8, 4) is 0 Å². The van der Waals surface area contributed by atoms with Gasteiger partial charge in [-0.05, 0) is 12.2 Å². The molecule has 1 aromatic heterocycles. The maximum absolute atomic E-state index is 5.83. The summed E-state index contributed by atoms with van der Waals surface area (Å²) in [7, 11) is 0. The molecule has 2 heterocycles. The van der Waals surface area contributed by atoms with Crippen molar-refractivity contribution in [1.29, 1.82) is 0 Å². The first kappa shape index (κ1) is 8.26. The Hall–Kier alpha value is -0.350. The van der Waals surface area contributed by atoms with E-state index in [2.05, 4.69) is 5.16 Å². The highest BCUT2D eigenvalue weighted by Gasteiger charge is 2.25. The number of hydrogen-bond acceptors (Lipinski definition) is 4. The number of rotatable bonds is 1. The first-order chi connectivity index (χ1) is 5.79. The Labute approximate surface area is 79.6 Å². The molecule has 0 saturated carbocycles. The molecule has 1 aliphatic rings. The maximum Gasteiger partial charge on any atom is 0.227 e. The van der Waals surface area contributed by atoms with Gasteiger partial charge in [0.15, 0.2) is 5.15 Å². The van der Waals surface area contributed by atoms with E-state index in [1.807, 2.05) is 11.8 Å². The zero-order valence-corrected chi connectivity index (χ0v) is 7.99. The summed E-state index contributed by atoms with van der Waals surface area (Å²) in [5.74, 6) is 3.07. The molecule has 66 valence electrons. The van der Waals surface area contributed by atoms with Crippen LogP contribution in [0.5, 0.6) is 0 Å². The summed E-state index contributed by atoms with van der Waals surface area (Å²) in [6.07, 6.45) is 1.12. The van der Waals surface area contributed by atoms with E-state index in [9.17, 15) is 0 Å². The third-order valence-corrected chi connectivity index (χ3v) is 3.48. The zero-order valence-electron chi connectivity index (χ0n) is 6.42. The molecule has 0 aromatic carbocycles. The second-order valence-electron chi connectivity index (χ2n) is 2.81. The van der Waals surface area contributed by atoms with E-state index in [1.54, 1.807) is 0 Å². The standard InChI is InChI=1S/C7H9ClN2OS/c8-6-5(7(9)11-10-6)4-1-2-12-3-4/h4H,1-3,9H2. The van der Waals surface area contributed by atoms with E-state index in [0.717, 1.165) is 17.7 Å². The predicted molar refractivity (Wildman–Crippen MR) is 50.6 cm³/mol. The lowest BCUT2D eigenvalue weighted by Crippen LogP contribution is -1.99. The van der Waals surface area contributed by atoms with Gasteiger partial charge in [0.25, 0.3) is 0 Å². The maximum atomic E-state index is 5.83. The van der Waals surface area contributed by atoms with E-state index < -0.39 is 0 Å². The van der Waals surface area contributed by atoms with Crippen LogP contribution in [0.1, 0.15) is 17.9 Å². The number of nitrogen functional groups attached to an aromatic ring is 1. The van der Waals surface area contributed by atoms with E-state index >= 15 is 0 Å². The number of thioether (sulfide) groups is 1. The molecular formula is C7H9ClN2OS. The summed E-state index contributed by atoms with van der Waals surface area (Å²) >= 11 is 7.75. The Morgan fingerprint density at radius 1 is 1.67 bits per heavy atom. The van der Waals surface area contributed by atoms with Crippen molar-refractivity contribution in [2.75, 3.05) is 17.2 Å². The fourth-order valence-corrected chi connectivity index (χ4v) is 2.94.